The number of pyridine rings is 4. The molecule has 18 aromatic rings. The van der Waals surface area contributed by atoms with Crippen molar-refractivity contribution in [1.82, 2.24) is 101 Å². The molecule has 744 valence electrons. The summed E-state index contributed by atoms with van der Waals surface area (Å²) in [6.07, 6.45) is 43.0. The Labute approximate surface area is 941 Å². The maximum atomic E-state index is 4.74. The monoisotopic (exact) mass is 2480 g/mol. The van der Waals surface area contributed by atoms with Crippen molar-refractivity contribution >= 4 is 34.3 Å². The number of benzene rings is 6. The van der Waals surface area contributed by atoms with Crippen molar-refractivity contribution in [3.8, 4) is 68.3 Å². The van der Waals surface area contributed by atoms with E-state index in [0.717, 1.165) is 262 Å². The molecule has 0 spiro atoms. The maximum absolute atomic E-state index is 4.74. The molecule has 0 saturated carbocycles. The van der Waals surface area contributed by atoms with Crippen molar-refractivity contribution in [2.45, 2.75) is 105 Å². The summed E-state index contributed by atoms with van der Waals surface area (Å²) in [4.78, 5) is 79.6. The van der Waals surface area contributed by atoms with Crippen LogP contribution in [0.3, 0.4) is 0 Å². The van der Waals surface area contributed by atoms with Crippen LogP contribution < -0.4 is 30.4 Å². The summed E-state index contributed by atoms with van der Waals surface area (Å²) >= 11 is 0. The zero-order valence-electron chi connectivity index (χ0n) is 80.2. The van der Waals surface area contributed by atoms with Gasteiger partial charge in [0.25, 0.3) is 0 Å². The van der Waals surface area contributed by atoms with E-state index < -0.39 is 0 Å². The molecule has 0 N–H and O–H groups in total. The van der Waals surface area contributed by atoms with Gasteiger partial charge in [0, 0.05) is 131 Å². The molecule has 148 heavy (non-hydrogen) atoms. The molecule has 0 aliphatic carbocycles. The summed E-state index contributed by atoms with van der Waals surface area (Å²) in [5.74, 6) is 2.68. The predicted octanol–water partition coefficient (Wildman–Crippen LogP) is 19.2. The fraction of sp³-hybridized carbons (Fsp3) is 0.138. The fourth-order valence-corrected chi connectivity index (χ4v) is 16.0. The Bertz CT molecular complexity index is 7140. The van der Waals surface area contributed by atoms with Crippen molar-refractivity contribution in [2.75, 3.05) is 0 Å². The molecule has 0 fully saturated rings. The van der Waals surface area contributed by atoms with Crippen molar-refractivity contribution in [3.63, 3.8) is 0 Å². The molecule has 24 rings (SSSR count). The molecule has 12 aromatic heterocycles. The first-order valence-corrected chi connectivity index (χ1v) is 46.5. The average molecular weight is 2490 g/mol. The van der Waals surface area contributed by atoms with E-state index in [2.05, 4.69) is 219 Å². The molecule has 18 heterocycles. The standard InChI is InChI=1S/2C20H16N4.2C19H15N5.2C19H14N4.6Pd/c1-14-11-20(24-23-14)16-6-2-5-15(12-16)13-17-7-3-8-19(22-17)18-9-4-10-21-18;1-14-11-20(24-23-14)19-8-3-7-17(22-19)13-15-5-2-6-16(12-15)18-9-4-10-21-18;1-13-10-18(24-23-13)15-5-2-4-14(11-15)12-16-7-9-21-19(22-16)17-6-3-8-20-17;1-13-10-18(24-23-13)19-21-9-7-16(22-19)12-14-4-2-5-15(11-14)17-6-3-8-20-17;1-4-14(12-15(5-1)19-21-10-11-22-19)13-16-6-2-7-18(23-16)17-8-3-9-20-17;1-4-14(12-15(5-1)17-8-3-9-20-17)13-16-6-2-7-18(23-16)19-21-10-11-22-19;;;;;;/h2*2-8,10-11H,9,13H2,1H3;2*2-5,7-10H,6,12H2,1H3;2*1-7,9-11H,8,13H2;;;;;;/q6*-2;6*+2. The summed E-state index contributed by atoms with van der Waals surface area (Å²) in [6.45, 7) is 7.71. The Morgan fingerprint density at radius 2 is 0.520 bits per heavy atom. The van der Waals surface area contributed by atoms with Crippen LogP contribution in [0.25, 0.3) is 68.3 Å². The van der Waals surface area contributed by atoms with Crippen LogP contribution in [-0.2, 0) is 161 Å². The number of allylic oxidation sites excluding steroid dienone is 6. The summed E-state index contributed by atoms with van der Waals surface area (Å²) in [7, 11) is 0. The maximum Gasteiger partial charge on any atom is 2.00 e. The number of imidazole rings is 2. The summed E-state index contributed by atoms with van der Waals surface area (Å²) in [6, 6.07) is 93.0. The van der Waals surface area contributed by atoms with Crippen LogP contribution in [0.1, 0.15) is 163 Å². The molecule has 32 heteroatoms. The molecule has 0 unspecified atom stereocenters. The molecule has 0 atom stereocenters. The topological polar surface area (TPSA) is 339 Å². The van der Waals surface area contributed by atoms with E-state index in [1.807, 2.05) is 247 Å². The van der Waals surface area contributed by atoms with Crippen molar-refractivity contribution in [2.24, 2.45) is 30.0 Å². The third kappa shape index (κ3) is 31.0. The number of hydrogen-bond donors (Lipinski definition) is 0. The van der Waals surface area contributed by atoms with Gasteiger partial charge < -0.3 is 75.7 Å². The number of rotatable bonds is 24. The second-order valence-corrected chi connectivity index (χ2v) is 33.6. The van der Waals surface area contributed by atoms with Gasteiger partial charge in [-0.25, -0.2) is 31.3 Å². The van der Waals surface area contributed by atoms with Gasteiger partial charge in [0.15, 0.2) is 5.82 Å². The van der Waals surface area contributed by atoms with E-state index in [4.69, 9.17) is 15.0 Å². The summed E-state index contributed by atoms with van der Waals surface area (Å²) < 4.78 is 0. The van der Waals surface area contributed by atoms with Crippen LogP contribution in [0, 0.1) is 64.1 Å². The predicted molar refractivity (Wildman–Crippen MR) is 550 cm³/mol. The van der Waals surface area contributed by atoms with Gasteiger partial charge >= 0.3 is 123 Å². The summed E-state index contributed by atoms with van der Waals surface area (Å²) in [5, 5.41) is 32.8. The fourth-order valence-electron chi connectivity index (χ4n) is 16.0. The zero-order valence-corrected chi connectivity index (χ0v) is 89.5. The Morgan fingerprint density at radius 3 is 0.878 bits per heavy atom. The average Bonchev–Trinajstić information content (AvgIpc) is 1.57. The van der Waals surface area contributed by atoms with Gasteiger partial charge in [-0.1, -0.05) is 121 Å². The van der Waals surface area contributed by atoms with Gasteiger partial charge in [-0.15, -0.1) is 201 Å². The number of aryl methyl sites for hydroxylation is 4. The summed E-state index contributed by atoms with van der Waals surface area (Å²) in [5.41, 5.74) is 34.9. The van der Waals surface area contributed by atoms with Gasteiger partial charge in [-0.2, -0.15) is 16.7 Å². The number of hydrogen-bond acceptors (Lipinski definition) is 20. The van der Waals surface area contributed by atoms with Gasteiger partial charge in [0.2, 0.25) is 0 Å². The van der Waals surface area contributed by atoms with E-state index in [0.29, 0.717) is 41.8 Å². The largest absolute Gasteiger partial charge is 2.00 e. The Kier molecular flexibility index (Phi) is 41.6. The van der Waals surface area contributed by atoms with Crippen LogP contribution in [-0.4, -0.2) is 105 Å². The van der Waals surface area contributed by atoms with E-state index in [9.17, 15) is 0 Å². The van der Waals surface area contributed by atoms with Crippen molar-refractivity contribution < 1.29 is 123 Å². The smallest absolute Gasteiger partial charge is 0.619 e. The minimum absolute atomic E-state index is 0. The quantitative estimate of drug-likeness (QED) is 0.0400. The van der Waals surface area contributed by atoms with E-state index in [-0.39, 0.29) is 123 Å². The minimum Gasteiger partial charge on any atom is -0.619 e. The molecule has 6 aliphatic rings. The normalized spacial score (nSPS) is 12.8. The molecule has 0 amide bonds. The molecule has 0 radical (unpaired) electrons. The molecule has 6 aromatic carbocycles. The Hall–Kier alpha value is -14.2. The second-order valence-electron chi connectivity index (χ2n) is 33.6. The minimum atomic E-state index is 0. The van der Waals surface area contributed by atoms with E-state index in [1.165, 1.54) is 0 Å². The Balaban J connectivity index is 0.000000147. The molecule has 0 bridgehead atoms. The molecule has 6 aliphatic heterocycles. The zero-order chi connectivity index (χ0) is 96.4. The second kappa shape index (κ2) is 55.5. The molecular weight excluding hydrogens is 2400 g/mol. The van der Waals surface area contributed by atoms with Gasteiger partial charge in [0.05, 0.1) is 34.2 Å². The third-order valence-corrected chi connectivity index (χ3v) is 22.8. The first-order chi connectivity index (χ1) is 69.9. The number of aliphatic imine (C=N–C) groups is 6. The third-order valence-electron chi connectivity index (χ3n) is 22.8. The van der Waals surface area contributed by atoms with Crippen molar-refractivity contribution in [3.05, 3.63) is 490 Å². The SMILES string of the molecule is Cc1cc(-c2[c-]c(Cc3cccc(C4=NC=CC4)n3)ccc2)[n-]n1.Cc1cc(-c2[c-]c(Cc3ccnc(C4=NC=CC4)n3)ccc2)[n-]n1.Cc1cc(-c2cccc(Cc3[c-]c(C4=NC=CC4)ccc3)n2)[n-]n1.Cc1cc(-c2nccc(Cc3[c-]c(C4=NC=CC4)ccc3)n2)[n-]n1.[Pd+2].[Pd+2].[Pd+2].[Pd+2].[Pd+2].[Pd+2].[c-]1c(Cc2cccc(-c3ncc[n-]3)n2)cccc1C1=NC=CC1.[c-]1c(Cc2cccc(C3=NC=CC3)n2)cccc1-c1ncc[n-]1. The van der Waals surface area contributed by atoms with Crippen molar-refractivity contribution in [1.29, 1.82) is 0 Å². The van der Waals surface area contributed by atoms with E-state index >= 15 is 0 Å². The van der Waals surface area contributed by atoms with E-state index in [1.54, 1.807) is 43.4 Å². The van der Waals surface area contributed by atoms with Gasteiger partial charge in [-0.3, -0.25) is 34.9 Å². The Morgan fingerprint density at radius 1 is 0.236 bits per heavy atom. The van der Waals surface area contributed by atoms with Crippen LogP contribution in [0.5, 0.6) is 0 Å². The molecule has 0 saturated heterocycles. The first kappa shape index (κ1) is 111. The van der Waals surface area contributed by atoms with Crippen LogP contribution >= 0.6 is 0 Å². The first-order valence-electron chi connectivity index (χ1n) is 46.5. The van der Waals surface area contributed by atoms with Crippen LogP contribution in [0.2, 0.25) is 0 Å². The van der Waals surface area contributed by atoms with Crippen LogP contribution in [0.4, 0.5) is 0 Å². The molecular formula is C116H90N26Pd6. The number of nitrogens with zero attached hydrogens (tertiary/aromatic N) is 26. The van der Waals surface area contributed by atoms with Crippen LogP contribution in [0.15, 0.2) is 359 Å². The molecule has 26 nitrogen and oxygen atoms in total. The van der Waals surface area contributed by atoms with Gasteiger partial charge in [0.1, 0.15) is 5.82 Å². The number of aromatic nitrogens is 20. The van der Waals surface area contributed by atoms with Gasteiger partial charge in [-0.05, 0) is 169 Å².